The Kier molecular flexibility index (Phi) is 5.92. The maximum absolute atomic E-state index is 12.5. The lowest BCUT2D eigenvalue weighted by Gasteiger charge is -2.24. The fourth-order valence-corrected chi connectivity index (χ4v) is 2.38. The molecule has 0 bridgehead atoms. The van der Waals surface area contributed by atoms with Crippen LogP contribution in [0.5, 0.6) is 5.75 Å². The molecule has 26 heavy (non-hydrogen) atoms. The van der Waals surface area contributed by atoms with E-state index in [2.05, 4.69) is 5.32 Å². The molecule has 1 unspecified atom stereocenters. The van der Waals surface area contributed by atoms with Gasteiger partial charge >= 0.3 is 6.18 Å². The summed E-state index contributed by atoms with van der Waals surface area (Å²) in [5.41, 5.74) is 6.70. The average Bonchev–Trinajstić information content (AvgIpc) is 2.59. The molecule has 0 saturated carbocycles. The molecule has 0 aromatic heterocycles. The largest absolute Gasteiger partial charge is 0.484 e. The molecule has 2 aromatic carbocycles. The minimum Gasteiger partial charge on any atom is -0.484 e. The monoisotopic (exact) mass is 366 g/mol. The molecule has 0 saturated heterocycles. The third-order valence-corrected chi connectivity index (χ3v) is 3.90. The second-order valence-corrected chi connectivity index (χ2v) is 6.27. The second-order valence-electron chi connectivity index (χ2n) is 6.27. The molecular formula is C19H21F3N2O2. The molecule has 7 heteroatoms. The van der Waals surface area contributed by atoms with Gasteiger partial charge in [-0.2, -0.15) is 13.2 Å². The molecule has 3 N–H and O–H groups in total. The summed E-state index contributed by atoms with van der Waals surface area (Å²) in [5.74, 6) is -0.355. The quantitative estimate of drug-likeness (QED) is 0.823. The number of carbonyl (C=O) groups excluding carboxylic acids is 1. The fraction of sp³-hybridized carbons (Fsp3) is 0.316. The lowest BCUT2D eigenvalue weighted by atomic mass is 9.92. The first-order chi connectivity index (χ1) is 12.1. The molecule has 0 heterocycles. The van der Waals surface area contributed by atoms with Crippen molar-refractivity contribution in [1.82, 2.24) is 5.32 Å². The number of carbonyl (C=O) groups is 1. The lowest BCUT2D eigenvalue weighted by molar-refractivity contribution is -0.153. The van der Waals surface area contributed by atoms with Crippen LogP contribution < -0.4 is 15.8 Å². The Labute approximate surface area is 150 Å². The van der Waals surface area contributed by atoms with Crippen molar-refractivity contribution in [2.24, 2.45) is 5.73 Å². The van der Waals surface area contributed by atoms with Crippen LogP contribution in [0.15, 0.2) is 48.5 Å². The molecule has 1 amide bonds. The number of amides is 1. The first-order valence-electron chi connectivity index (χ1n) is 8.01. The summed E-state index contributed by atoms with van der Waals surface area (Å²) in [6, 6.07) is 13.7. The van der Waals surface area contributed by atoms with E-state index >= 15 is 0 Å². The first-order valence-corrected chi connectivity index (χ1v) is 8.01. The molecule has 0 spiro atoms. The number of hydrogen-bond acceptors (Lipinski definition) is 3. The van der Waals surface area contributed by atoms with Crippen LogP contribution in [-0.2, 0) is 16.9 Å². The molecule has 1 atom stereocenters. The Morgan fingerprint density at radius 2 is 1.81 bits per heavy atom. The van der Waals surface area contributed by atoms with E-state index in [1.54, 1.807) is 50.2 Å². The summed E-state index contributed by atoms with van der Waals surface area (Å²) in [6.45, 7) is 1.94. The third kappa shape index (κ3) is 5.23. The maximum Gasteiger partial charge on any atom is 0.422 e. The summed E-state index contributed by atoms with van der Waals surface area (Å²) in [7, 11) is 0. The second kappa shape index (κ2) is 7.78. The van der Waals surface area contributed by atoms with Gasteiger partial charge in [-0.3, -0.25) is 4.79 Å². The SMILES string of the molecule is Cc1ccc(CNC(=O)C(C)(N)c2ccccc2)c(OCC(F)(F)F)c1. The number of nitrogens with one attached hydrogen (secondary N) is 1. The molecule has 0 aliphatic carbocycles. The molecule has 2 rings (SSSR count). The van der Waals surface area contributed by atoms with E-state index in [1.807, 2.05) is 6.07 Å². The van der Waals surface area contributed by atoms with E-state index < -0.39 is 24.2 Å². The third-order valence-electron chi connectivity index (χ3n) is 3.90. The molecule has 2 aromatic rings. The van der Waals surface area contributed by atoms with Crippen LogP contribution in [0, 0.1) is 6.92 Å². The van der Waals surface area contributed by atoms with Crippen LogP contribution in [0.1, 0.15) is 23.6 Å². The normalized spacial score (nSPS) is 13.8. The zero-order valence-electron chi connectivity index (χ0n) is 14.6. The summed E-state index contributed by atoms with van der Waals surface area (Å²) in [5, 5.41) is 2.67. The number of hydrogen-bond donors (Lipinski definition) is 2. The molecule has 140 valence electrons. The minimum atomic E-state index is -4.44. The molecular weight excluding hydrogens is 345 g/mol. The highest BCUT2D eigenvalue weighted by molar-refractivity contribution is 5.87. The molecule has 0 radical (unpaired) electrons. The van der Waals surface area contributed by atoms with Crippen LogP contribution in [0.25, 0.3) is 0 Å². The van der Waals surface area contributed by atoms with Crippen molar-refractivity contribution in [2.75, 3.05) is 6.61 Å². The zero-order chi connectivity index (χ0) is 19.4. The molecule has 0 aliphatic heterocycles. The first kappa shape index (κ1) is 19.8. The van der Waals surface area contributed by atoms with E-state index in [-0.39, 0.29) is 12.3 Å². The Bertz CT molecular complexity index is 759. The van der Waals surface area contributed by atoms with Crippen molar-refractivity contribution in [2.45, 2.75) is 32.1 Å². The number of ether oxygens (including phenoxy) is 1. The number of aryl methyl sites for hydroxylation is 1. The predicted molar refractivity (Wildman–Crippen MR) is 92.6 cm³/mol. The van der Waals surface area contributed by atoms with Gasteiger partial charge in [0.1, 0.15) is 11.3 Å². The average molecular weight is 366 g/mol. The summed E-state index contributed by atoms with van der Waals surface area (Å²) < 4.78 is 42.1. The van der Waals surface area contributed by atoms with Crippen molar-refractivity contribution < 1.29 is 22.7 Å². The van der Waals surface area contributed by atoms with E-state index in [1.165, 1.54) is 6.07 Å². The van der Waals surface area contributed by atoms with Crippen LogP contribution in [-0.4, -0.2) is 18.7 Å². The van der Waals surface area contributed by atoms with Crippen molar-refractivity contribution in [3.63, 3.8) is 0 Å². The van der Waals surface area contributed by atoms with Gasteiger partial charge in [0.15, 0.2) is 6.61 Å². The summed E-state index contributed by atoms with van der Waals surface area (Å²) in [4.78, 5) is 12.5. The predicted octanol–water partition coefficient (Wildman–Crippen LogP) is 3.43. The highest BCUT2D eigenvalue weighted by atomic mass is 19.4. The number of halogens is 3. The van der Waals surface area contributed by atoms with Crippen LogP contribution >= 0.6 is 0 Å². The summed E-state index contributed by atoms with van der Waals surface area (Å²) >= 11 is 0. The Morgan fingerprint density at radius 1 is 1.15 bits per heavy atom. The number of alkyl halides is 3. The Morgan fingerprint density at radius 3 is 2.42 bits per heavy atom. The van der Waals surface area contributed by atoms with Crippen LogP contribution in [0.3, 0.4) is 0 Å². The summed E-state index contributed by atoms with van der Waals surface area (Å²) in [6.07, 6.45) is -4.44. The maximum atomic E-state index is 12.5. The molecule has 0 fully saturated rings. The zero-order valence-corrected chi connectivity index (χ0v) is 14.6. The van der Waals surface area contributed by atoms with Crippen molar-refractivity contribution in [3.05, 3.63) is 65.2 Å². The minimum absolute atomic E-state index is 0.00588. The number of benzene rings is 2. The molecule has 4 nitrogen and oxygen atoms in total. The van der Waals surface area contributed by atoms with E-state index in [0.717, 1.165) is 5.56 Å². The van der Waals surface area contributed by atoms with Gasteiger partial charge in [0, 0.05) is 12.1 Å². The van der Waals surface area contributed by atoms with Gasteiger partial charge in [-0.05, 0) is 31.0 Å². The fourth-order valence-electron chi connectivity index (χ4n) is 2.38. The molecule has 0 aliphatic rings. The van der Waals surface area contributed by atoms with Gasteiger partial charge in [-0.15, -0.1) is 0 Å². The van der Waals surface area contributed by atoms with E-state index in [9.17, 15) is 18.0 Å². The highest BCUT2D eigenvalue weighted by Gasteiger charge is 2.31. The number of nitrogens with two attached hydrogens (primary N) is 1. The van der Waals surface area contributed by atoms with Crippen molar-refractivity contribution in [3.8, 4) is 5.75 Å². The number of rotatable bonds is 6. The van der Waals surface area contributed by atoms with Gasteiger partial charge in [-0.1, -0.05) is 42.5 Å². The standard InChI is InChI=1S/C19H21F3N2O2/c1-13-8-9-14(16(10-13)26-12-19(20,21)22)11-24-17(25)18(2,23)15-6-4-3-5-7-15/h3-10H,11-12,23H2,1-2H3,(H,24,25). The van der Waals surface area contributed by atoms with Gasteiger partial charge in [0.25, 0.3) is 0 Å². The van der Waals surface area contributed by atoms with Crippen molar-refractivity contribution in [1.29, 1.82) is 0 Å². The van der Waals surface area contributed by atoms with Gasteiger partial charge < -0.3 is 15.8 Å². The Balaban J connectivity index is 2.10. The Hall–Kier alpha value is -2.54. The van der Waals surface area contributed by atoms with Gasteiger partial charge in [-0.25, -0.2) is 0 Å². The van der Waals surface area contributed by atoms with Crippen molar-refractivity contribution >= 4 is 5.91 Å². The van der Waals surface area contributed by atoms with E-state index in [4.69, 9.17) is 10.5 Å². The topological polar surface area (TPSA) is 64.4 Å². The van der Waals surface area contributed by atoms with Crippen LogP contribution in [0.4, 0.5) is 13.2 Å². The van der Waals surface area contributed by atoms with Gasteiger partial charge in [0.05, 0.1) is 0 Å². The highest BCUT2D eigenvalue weighted by Crippen LogP contribution is 2.24. The van der Waals surface area contributed by atoms with Crippen LogP contribution in [0.2, 0.25) is 0 Å². The van der Waals surface area contributed by atoms with E-state index in [0.29, 0.717) is 11.1 Å². The lowest BCUT2D eigenvalue weighted by Crippen LogP contribution is -2.48. The smallest absolute Gasteiger partial charge is 0.422 e. The van der Waals surface area contributed by atoms with Gasteiger partial charge in [0.2, 0.25) is 5.91 Å².